The minimum absolute atomic E-state index is 0.269. The van der Waals surface area contributed by atoms with E-state index in [1.165, 1.54) is 17.4 Å². The largest absolute Gasteiger partial charge is 0.361 e. The SMILES string of the molecule is O=C(CCc1c[nH]c2ccccc12)N1C[C@H]2C[C@@H](C1)[C@@H]1CCCC(=O)N1C2. The van der Waals surface area contributed by atoms with Crippen LogP contribution < -0.4 is 0 Å². The molecule has 3 aliphatic heterocycles. The van der Waals surface area contributed by atoms with Gasteiger partial charge in [0.1, 0.15) is 0 Å². The second-order valence-electron chi connectivity index (χ2n) is 8.53. The maximum absolute atomic E-state index is 12.9. The zero-order chi connectivity index (χ0) is 18.4. The number of nitrogens with zero attached hydrogens (tertiary/aromatic N) is 2. The molecule has 2 bridgehead atoms. The Bertz CT molecular complexity index is 873. The van der Waals surface area contributed by atoms with Gasteiger partial charge in [0.25, 0.3) is 0 Å². The zero-order valence-corrected chi connectivity index (χ0v) is 15.7. The Labute approximate surface area is 159 Å². The van der Waals surface area contributed by atoms with E-state index in [2.05, 4.69) is 26.9 Å². The molecule has 1 N–H and O–H groups in total. The Morgan fingerprint density at radius 2 is 2.07 bits per heavy atom. The van der Waals surface area contributed by atoms with Crippen molar-refractivity contribution in [1.82, 2.24) is 14.8 Å². The quantitative estimate of drug-likeness (QED) is 0.909. The first-order valence-corrected chi connectivity index (χ1v) is 10.3. The minimum atomic E-state index is 0.269. The molecule has 3 atom stereocenters. The Kier molecular flexibility index (Phi) is 4.18. The lowest BCUT2D eigenvalue weighted by Gasteiger charge is -2.52. The molecule has 1 aromatic heterocycles. The van der Waals surface area contributed by atoms with Crippen molar-refractivity contribution in [3.8, 4) is 0 Å². The van der Waals surface area contributed by atoms with E-state index in [0.29, 0.717) is 36.6 Å². The molecule has 3 fully saturated rings. The Balaban J connectivity index is 1.24. The molecular formula is C22H27N3O2. The normalized spacial score (nSPS) is 27.7. The van der Waals surface area contributed by atoms with Crippen molar-refractivity contribution in [2.24, 2.45) is 11.8 Å². The van der Waals surface area contributed by atoms with Crippen LogP contribution in [0.1, 0.15) is 37.7 Å². The van der Waals surface area contributed by atoms with E-state index in [4.69, 9.17) is 0 Å². The van der Waals surface area contributed by atoms with Crippen molar-refractivity contribution in [3.05, 3.63) is 36.0 Å². The maximum atomic E-state index is 12.9. The molecule has 2 amide bonds. The van der Waals surface area contributed by atoms with E-state index < -0.39 is 0 Å². The van der Waals surface area contributed by atoms with Gasteiger partial charge in [0, 0.05) is 55.6 Å². The highest BCUT2D eigenvalue weighted by Crippen LogP contribution is 2.38. The average Bonchev–Trinajstić information content (AvgIpc) is 3.10. The number of H-pyrrole nitrogens is 1. The number of carbonyl (C=O) groups is 2. The highest BCUT2D eigenvalue weighted by molar-refractivity contribution is 5.84. The highest BCUT2D eigenvalue weighted by Gasteiger charge is 2.44. The predicted molar refractivity (Wildman–Crippen MR) is 104 cm³/mol. The molecule has 1 aromatic carbocycles. The van der Waals surface area contributed by atoms with E-state index in [9.17, 15) is 9.59 Å². The van der Waals surface area contributed by atoms with Gasteiger partial charge in [-0.2, -0.15) is 0 Å². The van der Waals surface area contributed by atoms with Crippen LogP contribution in [0.15, 0.2) is 30.5 Å². The number of hydrogen-bond donors (Lipinski definition) is 1. The number of aromatic nitrogens is 1. The number of piperidine rings is 3. The topological polar surface area (TPSA) is 56.4 Å². The van der Waals surface area contributed by atoms with Crippen molar-refractivity contribution >= 4 is 22.7 Å². The lowest BCUT2D eigenvalue weighted by atomic mass is 9.76. The van der Waals surface area contributed by atoms with Gasteiger partial charge in [0.05, 0.1) is 0 Å². The number of amides is 2. The molecule has 27 heavy (non-hydrogen) atoms. The van der Waals surface area contributed by atoms with Gasteiger partial charge in [-0.15, -0.1) is 0 Å². The number of benzene rings is 1. The van der Waals surface area contributed by atoms with E-state index >= 15 is 0 Å². The predicted octanol–water partition coefficient (Wildman–Crippen LogP) is 2.96. The molecule has 3 aliphatic rings. The number of aromatic amines is 1. The van der Waals surface area contributed by atoms with E-state index in [-0.39, 0.29) is 5.91 Å². The van der Waals surface area contributed by atoms with Crippen LogP contribution in [0.2, 0.25) is 0 Å². The van der Waals surface area contributed by atoms with Gasteiger partial charge < -0.3 is 14.8 Å². The van der Waals surface area contributed by atoms with Crippen LogP contribution >= 0.6 is 0 Å². The third-order valence-corrected chi connectivity index (χ3v) is 6.82. The molecule has 4 heterocycles. The first kappa shape index (κ1) is 16.8. The van der Waals surface area contributed by atoms with Crippen LogP contribution in [-0.4, -0.2) is 52.3 Å². The Morgan fingerprint density at radius 3 is 3.00 bits per heavy atom. The molecule has 0 aliphatic carbocycles. The minimum Gasteiger partial charge on any atom is -0.361 e. The number of hydrogen-bond acceptors (Lipinski definition) is 2. The number of carbonyl (C=O) groups excluding carboxylic acids is 2. The molecule has 5 nitrogen and oxygen atoms in total. The molecule has 142 valence electrons. The first-order valence-electron chi connectivity index (χ1n) is 10.3. The lowest BCUT2D eigenvalue weighted by molar-refractivity contribution is -0.148. The number of aryl methyl sites for hydroxylation is 1. The van der Waals surface area contributed by atoms with Gasteiger partial charge in [-0.05, 0) is 49.1 Å². The van der Waals surface area contributed by atoms with Crippen molar-refractivity contribution in [2.75, 3.05) is 19.6 Å². The number of nitrogens with one attached hydrogen (secondary N) is 1. The fourth-order valence-corrected chi connectivity index (χ4v) is 5.55. The summed E-state index contributed by atoms with van der Waals surface area (Å²) < 4.78 is 0. The molecule has 3 saturated heterocycles. The van der Waals surface area contributed by atoms with Crippen LogP contribution in [0.5, 0.6) is 0 Å². The standard InChI is InChI=1S/C22H27N3O2/c26-21(9-8-16-11-23-19-5-2-1-4-18(16)19)24-12-15-10-17(14-24)20-6-3-7-22(27)25(20)13-15/h1-2,4-5,11,15,17,20,23H,3,6-10,12-14H2/t15-,17+,20+/m1/s1. The molecule has 5 rings (SSSR count). The maximum Gasteiger partial charge on any atom is 0.222 e. The molecule has 2 aromatic rings. The molecular weight excluding hydrogens is 338 g/mol. The van der Waals surface area contributed by atoms with Gasteiger partial charge in [0.2, 0.25) is 11.8 Å². The van der Waals surface area contributed by atoms with Crippen molar-refractivity contribution < 1.29 is 9.59 Å². The van der Waals surface area contributed by atoms with Gasteiger partial charge in [-0.25, -0.2) is 0 Å². The summed E-state index contributed by atoms with van der Waals surface area (Å²) in [5.41, 5.74) is 2.36. The molecule has 0 spiro atoms. The fourth-order valence-electron chi connectivity index (χ4n) is 5.55. The third kappa shape index (κ3) is 3.03. The van der Waals surface area contributed by atoms with Crippen LogP contribution in [0, 0.1) is 11.8 Å². The highest BCUT2D eigenvalue weighted by atomic mass is 16.2. The number of para-hydroxylation sites is 1. The average molecular weight is 365 g/mol. The van der Waals surface area contributed by atoms with Crippen LogP contribution in [0.25, 0.3) is 10.9 Å². The summed E-state index contributed by atoms with van der Waals surface area (Å²) >= 11 is 0. The smallest absolute Gasteiger partial charge is 0.222 e. The summed E-state index contributed by atoms with van der Waals surface area (Å²) in [6.07, 6.45) is 7.39. The molecule has 0 saturated carbocycles. The second-order valence-corrected chi connectivity index (χ2v) is 8.53. The van der Waals surface area contributed by atoms with Crippen LogP contribution in [0.3, 0.4) is 0 Å². The second kappa shape index (κ2) is 6.70. The summed E-state index contributed by atoms with van der Waals surface area (Å²) in [7, 11) is 0. The molecule has 0 radical (unpaired) electrons. The van der Waals surface area contributed by atoms with Gasteiger partial charge in [-0.1, -0.05) is 18.2 Å². The van der Waals surface area contributed by atoms with E-state index in [1.807, 2.05) is 18.3 Å². The van der Waals surface area contributed by atoms with Crippen LogP contribution in [0.4, 0.5) is 0 Å². The Hall–Kier alpha value is -2.30. The summed E-state index contributed by atoms with van der Waals surface area (Å²) in [5.74, 6) is 1.53. The lowest BCUT2D eigenvalue weighted by Crippen LogP contribution is -2.61. The van der Waals surface area contributed by atoms with Gasteiger partial charge >= 0.3 is 0 Å². The van der Waals surface area contributed by atoms with Crippen LogP contribution in [-0.2, 0) is 16.0 Å². The van der Waals surface area contributed by atoms with Crippen molar-refractivity contribution in [2.45, 2.75) is 44.6 Å². The number of likely N-dealkylation sites (tertiary alicyclic amines) is 1. The number of fused-ring (bicyclic) bond motifs is 5. The third-order valence-electron chi connectivity index (χ3n) is 6.82. The monoisotopic (exact) mass is 365 g/mol. The molecule has 5 heteroatoms. The van der Waals surface area contributed by atoms with Gasteiger partial charge in [-0.3, -0.25) is 9.59 Å². The summed E-state index contributed by atoms with van der Waals surface area (Å²) in [6.45, 7) is 2.50. The van der Waals surface area contributed by atoms with Gasteiger partial charge in [0.15, 0.2) is 0 Å². The fraction of sp³-hybridized carbons (Fsp3) is 0.545. The number of rotatable bonds is 3. The Morgan fingerprint density at radius 1 is 1.19 bits per heavy atom. The van der Waals surface area contributed by atoms with Crippen molar-refractivity contribution in [1.29, 1.82) is 0 Å². The molecule has 0 unspecified atom stereocenters. The first-order chi connectivity index (χ1) is 13.2. The summed E-state index contributed by atoms with van der Waals surface area (Å²) in [5, 5.41) is 1.22. The van der Waals surface area contributed by atoms with E-state index in [0.717, 1.165) is 44.4 Å². The zero-order valence-electron chi connectivity index (χ0n) is 15.7. The van der Waals surface area contributed by atoms with Crippen molar-refractivity contribution in [3.63, 3.8) is 0 Å². The summed E-state index contributed by atoms with van der Waals surface area (Å²) in [4.78, 5) is 32.7. The van der Waals surface area contributed by atoms with E-state index in [1.54, 1.807) is 0 Å². The summed E-state index contributed by atoms with van der Waals surface area (Å²) in [6, 6.07) is 8.63.